The zero-order chi connectivity index (χ0) is 28.2. The average molecular weight is 547 g/mol. The number of carbonyl (C=O) groups is 1. The van der Waals surface area contributed by atoms with E-state index in [1.54, 1.807) is 0 Å². The van der Waals surface area contributed by atoms with E-state index in [-0.39, 0.29) is 23.3 Å². The molecule has 9 heteroatoms. The van der Waals surface area contributed by atoms with E-state index in [9.17, 15) is 14.4 Å². The lowest BCUT2D eigenvalue weighted by Gasteiger charge is -2.28. The Kier molecular flexibility index (Phi) is 8.69. The van der Waals surface area contributed by atoms with Crippen LogP contribution in [-0.2, 0) is 11.8 Å². The van der Waals surface area contributed by atoms with E-state index in [4.69, 9.17) is 10.7 Å². The molecule has 0 aliphatic heterocycles. The number of aryl methyl sites for hydroxylation is 1. The van der Waals surface area contributed by atoms with Gasteiger partial charge in [-0.2, -0.15) is 0 Å². The van der Waals surface area contributed by atoms with Gasteiger partial charge in [0.15, 0.2) is 11.2 Å². The smallest absolute Gasteiger partial charge is 0.333 e. The molecule has 0 bridgehead atoms. The van der Waals surface area contributed by atoms with Crippen molar-refractivity contribution in [3.8, 4) is 11.4 Å². The van der Waals surface area contributed by atoms with Gasteiger partial charge in [0.1, 0.15) is 5.82 Å². The minimum atomic E-state index is -0.424. The molecular formula is C31H42N6O3. The van der Waals surface area contributed by atoms with Gasteiger partial charge in [-0.15, -0.1) is 0 Å². The maximum absolute atomic E-state index is 14.0. The highest BCUT2D eigenvalue weighted by Gasteiger charge is 2.29. The Morgan fingerprint density at radius 2 is 1.57 bits per heavy atom. The maximum atomic E-state index is 14.0. The number of nitrogens with one attached hydrogen (secondary N) is 1. The molecule has 40 heavy (non-hydrogen) atoms. The molecule has 2 saturated carbocycles. The van der Waals surface area contributed by atoms with Gasteiger partial charge in [0, 0.05) is 30.3 Å². The van der Waals surface area contributed by atoms with Crippen LogP contribution in [0.15, 0.2) is 39.4 Å². The largest absolute Gasteiger partial charge is 0.366 e. The number of nitrogens with zero attached hydrogens (tertiary/aromatic N) is 4. The van der Waals surface area contributed by atoms with Crippen molar-refractivity contribution in [3.63, 3.8) is 0 Å². The zero-order valence-electron chi connectivity index (χ0n) is 23.8. The molecule has 0 spiro atoms. The van der Waals surface area contributed by atoms with Crippen LogP contribution in [0.1, 0.15) is 95.2 Å². The normalized spacial score (nSPS) is 17.5. The summed E-state index contributed by atoms with van der Waals surface area (Å²) < 4.78 is 5.33. The molecule has 2 fully saturated rings. The number of fused-ring (bicyclic) bond motifs is 1. The first-order valence-electron chi connectivity index (χ1n) is 15.0. The van der Waals surface area contributed by atoms with Crippen molar-refractivity contribution in [1.29, 1.82) is 0 Å². The van der Waals surface area contributed by atoms with Crippen LogP contribution >= 0.6 is 0 Å². The van der Waals surface area contributed by atoms with Crippen molar-refractivity contribution in [2.75, 3.05) is 13.1 Å². The molecule has 1 aromatic carbocycles. The third-order valence-electron chi connectivity index (χ3n) is 8.65. The number of hydrogen-bond donors (Lipinski definition) is 2. The van der Waals surface area contributed by atoms with Crippen molar-refractivity contribution in [2.45, 2.75) is 89.6 Å². The van der Waals surface area contributed by atoms with Gasteiger partial charge in [0.2, 0.25) is 5.91 Å². The summed E-state index contributed by atoms with van der Waals surface area (Å²) in [5.41, 5.74) is 8.43. The van der Waals surface area contributed by atoms with E-state index >= 15 is 0 Å². The Labute approximate surface area is 235 Å². The molecule has 9 nitrogen and oxygen atoms in total. The van der Waals surface area contributed by atoms with Crippen molar-refractivity contribution in [2.24, 2.45) is 12.8 Å². The first-order valence-corrected chi connectivity index (χ1v) is 15.0. The van der Waals surface area contributed by atoms with Crippen LogP contribution in [0.4, 0.5) is 0 Å². The van der Waals surface area contributed by atoms with Crippen molar-refractivity contribution in [1.82, 2.24) is 24.0 Å². The van der Waals surface area contributed by atoms with E-state index in [1.165, 1.54) is 11.0 Å². The summed E-state index contributed by atoms with van der Waals surface area (Å²) in [5.74, 6) is 0.225. The third kappa shape index (κ3) is 5.57. The summed E-state index contributed by atoms with van der Waals surface area (Å²) >= 11 is 0. The molecule has 3 aromatic rings. The number of hydrogen-bond acceptors (Lipinski definition) is 5. The van der Waals surface area contributed by atoms with Crippen LogP contribution in [0, 0.1) is 0 Å². The molecule has 5 rings (SSSR count). The first-order chi connectivity index (χ1) is 19.4. The lowest BCUT2D eigenvalue weighted by molar-refractivity contribution is -0.114. The summed E-state index contributed by atoms with van der Waals surface area (Å²) in [6.07, 6.45) is 12.6. The zero-order valence-corrected chi connectivity index (χ0v) is 23.8. The molecule has 2 aromatic heterocycles. The van der Waals surface area contributed by atoms with E-state index < -0.39 is 5.91 Å². The minimum Gasteiger partial charge on any atom is -0.366 e. The Balaban J connectivity index is 1.59. The van der Waals surface area contributed by atoms with Gasteiger partial charge in [-0.3, -0.25) is 18.7 Å². The van der Waals surface area contributed by atoms with E-state index in [2.05, 4.69) is 5.32 Å². The van der Waals surface area contributed by atoms with Crippen LogP contribution in [0.2, 0.25) is 0 Å². The molecule has 0 atom stereocenters. The molecule has 0 unspecified atom stereocenters. The van der Waals surface area contributed by atoms with Gasteiger partial charge in [0.25, 0.3) is 5.56 Å². The Morgan fingerprint density at radius 1 is 0.975 bits per heavy atom. The standard InChI is InChI=1S/C31H42N6O3/c1-3-33-19-18-23(27(32)38)20-21-14-16-22(17-15-21)28-34-26-29(35(28)2)36(24-10-6-4-7-11-24)31(40)37(30(26)39)25-12-8-5-9-13-25/h14-17,20,24-25,33H,3-13,18-19H2,1-2H3,(H2,32,38)/b23-20+. The minimum absolute atomic E-state index is 0.0588. The average Bonchev–Trinajstić information content (AvgIpc) is 3.31. The van der Waals surface area contributed by atoms with Gasteiger partial charge in [-0.25, -0.2) is 9.78 Å². The molecule has 0 saturated heterocycles. The second-order valence-corrected chi connectivity index (χ2v) is 11.3. The van der Waals surface area contributed by atoms with Crippen LogP contribution in [0.25, 0.3) is 28.6 Å². The lowest BCUT2D eigenvalue weighted by Crippen LogP contribution is -2.44. The number of aromatic nitrogens is 4. The van der Waals surface area contributed by atoms with Crippen molar-refractivity contribution >= 4 is 23.1 Å². The number of benzene rings is 1. The fourth-order valence-electron chi connectivity index (χ4n) is 6.50. The summed E-state index contributed by atoms with van der Waals surface area (Å²) in [6, 6.07) is 7.76. The van der Waals surface area contributed by atoms with Gasteiger partial charge in [-0.05, 0) is 56.8 Å². The molecule has 2 aliphatic carbocycles. The van der Waals surface area contributed by atoms with Gasteiger partial charge >= 0.3 is 5.69 Å². The number of carbonyl (C=O) groups excluding carboxylic acids is 1. The molecular weight excluding hydrogens is 504 g/mol. The van der Waals surface area contributed by atoms with E-state index in [0.29, 0.717) is 35.5 Å². The molecule has 214 valence electrons. The highest BCUT2D eigenvalue weighted by molar-refractivity contribution is 5.96. The Bertz CT molecular complexity index is 1500. The van der Waals surface area contributed by atoms with Crippen LogP contribution in [0.3, 0.4) is 0 Å². The molecule has 2 heterocycles. The maximum Gasteiger partial charge on any atom is 0.333 e. The quantitative estimate of drug-likeness (QED) is 0.304. The fourth-order valence-corrected chi connectivity index (χ4v) is 6.50. The molecule has 0 radical (unpaired) electrons. The van der Waals surface area contributed by atoms with Crippen LogP contribution in [0.5, 0.6) is 0 Å². The number of amides is 1. The monoisotopic (exact) mass is 546 g/mol. The van der Waals surface area contributed by atoms with Crippen LogP contribution in [-0.4, -0.2) is 37.7 Å². The van der Waals surface area contributed by atoms with E-state index in [1.807, 2.05) is 53.4 Å². The molecule has 1 amide bonds. The summed E-state index contributed by atoms with van der Waals surface area (Å²) in [6.45, 7) is 3.54. The number of imidazole rings is 1. The topological polar surface area (TPSA) is 117 Å². The van der Waals surface area contributed by atoms with Crippen molar-refractivity contribution < 1.29 is 4.79 Å². The van der Waals surface area contributed by atoms with Crippen molar-refractivity contribution in [3.05, 3.63) is 56.2 Å². The van der Waals surface area contributed by atoms with Gasteiger partial charge < -0.3 is 15.6 Å². The highest BCUT2D eigenvalue weighted by atomic mass is 16.2. The second-order valence-electron chi connectivity index (χ2n) is 11.3. The third-order valence-corrected chi connectivity index (χ3v) is 8.65. The summed E-state index contributed by atoms with van der Waals surface area (Å²) in [5, 5.41) is 3.22. The summed E-state index contributed by atoms with van der Waals surface area (Å²) in [4.78, 5) is 44.7. The highest BCUT2D eigenvalue weighted by Crippen LogP contribution is 2.32. The SMILES string of the molecule is CCNCC/C(=C\c1ccc(-c2nc3c(=O)n(C4CCCCC4)c(=O)n(C4CCCCC4)c3n2C)cc1)C(N)=O. The summed E-state index contributed by atoms with van der Waals surface area (Å²) in [7, 11) is 1.90. The Morgan fingerprint density at radius 3 is 2.15 bits per heavy atom. The number of nitrogens with two attached hydrogens (primary N) is 1. The predicted molar refractivity (Wildman–Crippen MR) is 159 cm³/mol. The molecule has 3 N–H and O–H groups in total. The lowest BCUT2D eigenvalue weighted by atomic mass is 9.94. The van der Waals surface area contributed by atoms with Crippen LogP contribution < -0.4 is 22.3 Å². The fraction of sp³-hybridized carbons (Fsp3) is 0.548. The second kappa shape index (κ2) is 12.4. The number of primary amides is 1. The predicted octanol–water partition coefficient (Wildman–Crippen LogP) is 4.44. The first kappa shape index (κ1) is 28.1. The molecule has 2 aliphatic rings. The van der Waals surface area contributed by atoms with Gasteiger partial charge in [-0.1, -0.05) is 69.7 Å². The number of rotatable bonds is 9. The van der Waals surface area contributed by atoms with E-state index in [0.717, 1.165) is 75.5 Å². The Hall–Kier alpha value is -3.46. The van der Waals surface area contributed by atoms with Gasteiger partial charge in [0.05, 0.1) is 0 Å².